The van der Waals surface area contributed by atoms with Crippen LogP contribution in [0.4, 0.5) is 0 Å². The lowest BCUT2D eigenvalue weighted by molar-refractivity contribution is 0.0514. The van der Waals surface area contributed by atoms with Crippen LogP contribution in [-0.2, 0) is 4.74 Å². The molecule has 0 spiro atoms. The molecule has 1 aromatic rings. The number of hydrogen-bond acceptors (Lipinski definition) is 5. The Morgan fingerprint density at radius 2 is 2.67 bits per heavy atom. The van der Waals surface area contributed by atoms with Gasteiger partial charge in [0.1, 0.15) is 6.07 Å². The third-order valence-corrected chi connectivity index (χ3v) is 1.10. The van der Waals surface area contributed by atoms with Crippen molar-refractivity contribution in [2.45, 2.75) is 6.92 Å². The summed E-state index contributed by atoms with van der Waals surface area (Å²) < 4.78 is 9.08. The van der Waals surface area contributed by atoms with Crippen molar-refractivity contribution in [1.29, 1.82) is 5.26 Å². The first-order valence-electron chi connectivity index (χ1n) is 3.32. The topological polar surface area (TPSA) is 76.1 Å². The molecule has 0 saturated heterocycles. The summed E-state index contributed by atoms with van der Waals surface area (Å²) in [6, 6.07) is 2.94. The van der Waals surface area contributed by atoms with Gasteiger partial charge in [-0.15, -0.1) is 0 Å². The zero-order chi connectivity index (χ0) is 8.97. The van der Waals surface area contributed by atoms with Gasteiger partial charge in [0.15, 0.2) is 5.69 Å². The summed E-state index contributed by atoms with van der Waals surface area (Å²) in [7, 11) is 0. The predicted molar refractivity (Wildman–Crippen MR) is 37.2 cm³/mol. The highest BCUT2D eigenvalue weighted by atomic mass is 16.5. The summed E-state index contributed by atoms with van der Waals surface area (Å²) in [5.41, 5.74) is 0.0217. The summed E-state index contributed by atoms with van der Waals surface area (Å²) in [6.45, 7) is 1.96. The third-order valence-electron chi connectivity index (χ3n) is 1.10. The van der Waals surface area contributed by atoms with E-state index in [0.717, 1.165) is 0 Å². The van der Waals surface area contributed by atoms with Crippen molar-refractivity contribution in [2.24, 2.45) is 0 Å². The highest BCUT2D eigenvalue weighted by Crippen LogP contribution is 2.02. The molecule has 0 atom stereocenters. The highest BCUT2D eigenvalue weighted by Gasteiger charge is 2.12. The largest absolute Gasteiger partial charge is 0.461 e. The second-order valence-electron chi connectivity index (χ2n) is 1.91. The monoisotopic (exact) mass is 166 g/mol. The number of carbonyl (C=O) groups is 1. The Kier molecular flexibility index (Phi) is 2.43. The highest BCUT2D eigenvalue weighted by molar-refractivity contribution is 5.87. The van der Waals surface area contributed by atoms with Gasteiger partial charge in [0, 0.05) is 6.07 Å². The number of nitriles is 1. The van der Waals surface area contributed by atoms with Crippen molar-refractivity contribution >= 4 is 5.97 Å². The van der Waals surface area contributed by atoms with Crippen molar-refractivity contribution < 1.29 is 14.1 Å². The number of aromatic nitrogens is 1. The van der Waals surface area contributed by atoms with Gasteiger partial charge in [0.25, 0.3) is 0 Å². The minimum atomic E-state index is -0.581. The van der Waals surface area contributed by atoms with Gasteiger partial charge in [-0.2, -0.15) is 5.26 Å². The van der Waals surface area contributed by atoms with Crippen molar-refractivity contribution in [3.63, 3.8) is 0 Å². The number of rotatable bonds is 2. The van der Waals surface area contributed by atoms with E-state index in [2.05, 4.69) is 14.4 Å². The quantitative estimate of drug-likeness (QED) is 0.605. The van der Waals surface area contributed by atoms with Crippen LogP contribution < -0.4 is 0 Å². The average Bonchev–Trinajstić information content (AvgIpc) is 2.52. The van der Waals surface area contributed by atoms with Crippen molar-refractivity contribution in [3.8, 4) is 6.07 Å². The average molecular weight is 166 g/mol. The van der Waals surface area contributed by atoms with Crippen molar-refractivity contribution in [2.75, 3.05) is 6.61 Å². The molecule has 0 saturated carbocycles. The summed E-state index contributed by atoms with van der Waals surface area (Å²) in [4.78, 5) is 10.9. The maximum Gasteiger partial charge on any atom is 0.360 e. The molecule has 0 aromatic carbocycles. The van der Waals surface area contributed by atoms with Crippen LogP contribution in [0.25, 0.3) is 0 Å². The van der Waals surface area contributed by atoms with E-state index in [1.54, 1.807) is 13.0 Å². The lowest BCUT2D eigenvalue weighted by Crippen LogP contribution is -2.04. The summed E-state index contributed by atoms with van der Waals surface area (Å²) in [5, 5.41) is 11.7. The number of esters is 1. The molecule has 0 aliphatic carbocycles. The first kappa shape index (κ1) is 8.27. The van der Waals surface area contributed by atoms with Crippen molar-refractivity contribution in [1.82, 2.24) is 5.16 Å². The van der Waals surface area contributed by atoms with Crippen LogP contribution in [-0.4, -0.2) is 17.7 Å². The molecule has 0 aliphatic heterocycles. The van der Waals surface area contributed by atoms with Gasteiger partial charge < -0.3 is 9.26 Å². The second-order valence-corrected chi connectivity index (χ2v) is 1.91. The van der Waals surface area contributed by atoms with E-state index in [4.69, 9.17) is 5.26 Å². The molecule has 1 aromatic heterocycles. The summed E-state index contributed by atoms with van der Waals surface area (Å²) in [6.07, 6.45) is 0. The van der Waals surface area contributed by atoms with Gasteiger partial charge >= 0.3 is 5.97 Å². The Morgan fingerprint density at radius 1 is 1.92 bits per heavy atom. The van der Waals surface area contributed by atoms with Gasteiger partial charge in [-0.05, 0) is 6.92 Å². The SMILES string of the molecule is CCOC(=O)c1cc(C#N)on1. The van der Waals surface area contributed by atoms with Crippen LogP contribution >= 0.6 is 0 Å². The fourth-order valence-electron chi connectivity index (χ4n) is 0.629. The molecule has 5 nitrogen and oxygen atoms in total. The van der Waals surface area contributed by atoms with Gasteiger partial charge in [-0.25, -0.2) is 4.79 Å². The van der Waals surface area contributed by atoms with E-state index in [0.29, 0.717) is 0 Å². The van der Waals surface area contributed by atoms with Crippen LogP contribution in [0.2, 0.25) is 0 Å². The molecule has 0 unspecified atom stereocenters. The lowest BCUT2D eigenvalue weighted by atomic mass is 10.4. The molecule has 12 heavy (non-hydrogen) atoms. The first-order valence-corrected chi connectivity index (χ1v) is 3.32. The minimum Gasteiger partial charge on any atom is -0.461 e. The number of ether oxygens (including phenoxy) is 1. The molecule has 1 rings (SSSR count). The van der Waals surface area contributed by atoms with E-state index >= 15 is 0 Å². The molecule has 0 fully saturated rings. The molecule has 0 amide bonds. The fraction of sp³-hybridized carbons (Fsp3) is 0.286. The zero-order valence-electron chi connectivity index (χ0n) is 6.40. The number of hydrogen-bond donors (Lipinski definition) is 0. The minimum absolute atomic E-state index is 0.00180. The Balaban J connectivity index is 2.76. The Hall–Kier alpha value is -1.83. The van der Waals surface area contributed by atoms with E-state index in [-0.39, 0.29) is 18.1 Å². The van der Waals surface area contributed by atoms with Crippen LogP contribution in [0.5, 0.6) is 0 Å². The smallest absolute Gasteiger partial charge is 0.360 e. The van der Waals surface area contributed by atoms with E-state index in [9.17, 15) is 4.79 Å². The maximum absolute atomic E-state index is 10.9. The van der Waals surface area contributed by atoms with Gasteiger partial charge in [-0.1, -0.05) is 5.16 Å². The van der Waals surface area contributed by atoms with E-state index in [1.807, 2.05) is 0 Å². The molecule has 0 bridgehead atoms. The van der Waals surface area contributed by atoms with Crippen molar-refractivity contribution in [3.05, 3.63) is 17.5 Å². The zero-order valence-corrected chi connectivity index (χ0v) is 6.40. The van der Waals surface area contributed by atoms with Gasteiger partial charge in [0.05, 0.1) is 6.61 Å². The summed E-state index contributed by atoms with van der Waals surface area (Å²) >= 11 is 0. The molecular formula is C7H6N2O3. The van der Waals surface area contributed by atoms with Gasteiger partial charge in [0.2, 0.25) is 5.76 Å². The van der Waals surface area contributed by atoms with Gasteiger partial charge in [-0.3, -0.25) is 0 Å². The first-order chi connectivity index (χ1) is 5.77. The molecule has 1 heterocycles. The van der Waals surface area contributed by atoms with Crippen LogP contribution in [0.1, 0.15) is 23.2 Å². The third kappa shape index (κ3) is 1.61. The molecular weight excluding hydrogens is 160 g/mol. The normalized spacial score (nSPS) is 9.00. The maximum atomic E-state index is 10.9. The van der Waals surface area contributed by atoms with Crippen LogP contribution in [0.3, 0.4) is 0 Å². The standard InChI is InChI=1S/C7H6N2O3/c1-2-11-7(10)6-3-5(4-8)12-9-6/h3H,2H2,1H3. The molecule has 0 aliphatic rings. The Bertz CT molecular complexity index is 324. The number of carbonyl (C=O) groups excluding carboxylic acids is 1. The second kappa shape index (κ2) is 3.53. The Morgan fingerprint density at radius 3 is 3.17 bits per heavy atom. The number of nitrogens with zero attached hydrogens (tertiary/aromatic N) is 2. The van der Waals surface area contributed by atoms with Crippen LogP contribution in [0, 0.1) is 11.3 Å². The molecule has 0 radical (unpaired) electrons. The lowest BCUT2D eigenvalue weighted by Gasteiger charge is -1.93. The Labute approximate surface area is 68.5 Å². The van der Waals surface area contributed by atoms with E-state index in [1.165, 1.54) is 6.07 Å². The van der Waals surface area contributed by atoms with E-state index < -0.39 is 5.97 Å². The predicted octanol–water partition coefficient (Wildman–Crippen LogP) is 0.723. The fourth-order valence-corrected chi connectivity index (χ4v) is 0.629. The summed E-state index contributed by atoms with van der Waals surface area (Å²) in [5.74, 6) is -0.583. The molecule has 62 valence electrons. The molecule has 5 heteroatoms. The van der Waals surface area contributed by atoms with Crippen LogP contribution in [0.15, 0.2) is 10.6 Å². The molecule has 0 N–H and O–H groups in total.